The summed E-state index contributed by atoms with van der Waals surface area (Å²) in [5.74, 6) is -2.78. The van der Waals surface area contributed by atoms with Crippen LogP contribution in [0.5, 0.6) is 5.75 Å². The summed E-state index contributed by atoms with van der Waals surface area (Å²) in [7, 11) is 0. The molecular formula is C27H21F2NO5. The summed E-state index contributed by atoms with van der Waals surface area (Å²) >= 11 is 0. The summed E-state index contributed by atoms with van der Waals surface area (Å²) in [6.45, 7) is 0.885. The highest BCUT2D eigenvalue weighted by Crippen LogP contribution is 2.32. The molecular weight excluding hydrogens is 456 g/mol. The van der Waals surface area contributed by atoms with Crippen LogP contribution in [0.4, 0.5) is 8.78 Å². The number of halogens is 2. The summed E-state index contributed by atoms with van der Waals surface area (Å²) in [4.78, 5) is 24.4. The maximum absolute atomic E-state index is 14.5. The average molecular weight is 477 g/mol. The van der Waals surface area contributed by atoms with Gasteiger partial charge >= 0.3 is 11.9 Å². The molecule has 0 spiro atoms. The molecule has 0 bridgehead atoms. The third-order valence-corrected chi connectivity index (χ3v) is 5.90. The van der Waals surface area contributed by atoms with Crippen LogP contribution in [-0.2, 0) is 16.1 Å². The Morgan fingerprint density at radius 1 is 1.03 bits per heavy atom. The molecule has 1 saturated heterocycles. The largest absolute Gasteiger partial charge is 0.489 e. The zero-order valence-corrected chi connectivity index (χ0v) is 18.6. The fourth-order valence-electron chi connectivity index (χ4n) is 4.05. The molecule has 0 saturated carbocycles. The Kier molecular flexibility index (Phi) is 6.29. The van der Waals surface area contributed by atoms with Crippen molar-refractivity contribution in [3.05, 3.63) is 89.7 Å². The zero-order valence-electron chi connectivity index (χ0n) is 18.6. The number of benzene rings is 3. The molecule has 1 N–H and O–H groups in total. The van der Waals surface area contributed by atoms with Gasteiger partial charge in [-0.3, -0.25) is 0 Å². The van der Waals surface area contributed by atoms with Crippen LogP contribution in [0.15, 0.2) is 71.3 Å². The second-order valence-corrected chi connectivity index (χ2v) is 8.26. The van der Waals surface area contributed by atoms with Gasteiger partial charge < -0.3 is 19.2 Å². The Balaban J connectivity index is 1.24. The Labute approximate surface area is 199 Å². The number of carbonyl (C=O) groups is 2. The third-order valence-electron chi connectivity index (χ3n) is 5.90. The smallest absolute Gasteiger partial charge is 0.345 e. The van der Waals surface area contributed by atoms with E-state index in [9.17, 15) is 18.4 Å². The zero-order chi connectivity index (χ0) is 24.4. The molecule has 3 aromatic carbocycles. The lowest BCUT2D eigenvalue weighted by molar-refractivity contribution is -0.139. The van der Waals surface area contributed by atoms with Gasteiger partial charge in [0.25, 0.3) is 0 Å². The summed E-state index contributed by atoms with van der Waals surface area (Å²) in [6.07, 6.45) is 2.83. The first-order chi connectivity index (χ1) is 17.0. The van der Waals surface area contributed by atoms with Crippen molar-refractivity contribution < 1.29 is 32.3 Å². The van der Waals surface area contributed by atoms with Gasteiger partial charge in [-0.2, -0.15) is 4.39 Å². The number of rotatable bonds is 6. The van der Waals surface area contributed by atoms with E-state index in [1.165, 1.54) is 12.3 Å². The molecule has 35 heavy (non-hydrogen) atoms. The molecule has 1 aliphatic heterocycles. The highest BCUT2D eigenvalue weighted by atomic mass is 19.2. The minimum atomic E-state index is -1.03. The van der Waals surface area contributed by atoms with Crippen molar-refractivity contribution in [1.82, 2.24) is 5.32 Å². The Bertz CT molecular complexity index is 1390. The van der Waals surface area contributed by atoms with Crippen LogP contribution in [0.3, 0.4) is 0 Å². The van der Waals surface area contributed by atoms with E-state index in [0.717, 1.165) is 13.0 Å². The van der Waals surface area contributed by atoms with Gasteiger partial charge in [0.15, 0.2) is 11.4 Å². The number of nitrogens with one attached hydrogen (secondary N) is 1. The first-order valence-corrected chi connectivity index (χ1v) is 11.2. The predicted molar refractivity (Wildman–Crippen MR) is 124 cm³/mol. The van der Waals surface area contributed by atoms with Gasteiger partial charge in [0.2, 0.25) is 5.82 Å². The van der Waals surface area contributed by atoms with E-state index in [2.05, 4.69) is 5.32 Å². The van der Waals surface area contributed by atoms with Crippen molar-refractivity contribution in [2.24, 2.45) is 0 Å². The maximum Gasteiger partial charge on any atom is 0.345 e. The van der Waals surface area contributed by atoms with Crippen LogP contribution in [0, 0.1) is 11.6 Å². The molecule has 0 aliphatic carbocycles. The summed E-state index contributed by atoms with van der Waals surface area (Å²) < 4.78 is 44.5. The lowest BCUT2D eigenvalue weighted by Gasteiger charge is -2.11. The molecule has 1 aliphatic rings. The van der Waals surface area contributed by atoms with Crippen molar-refractivity contribution in [3.63, 3.8) is 0 Å². The molecule has 4 aromatic rings. The van der Waals surface area contributed by atoms with E-state index in [0.29, 0.717) is 28.7 Å². The first kappa shape index (κ1) is 22.7. The topological polar surface area (TPSA) is 77.8 Å². The average Bonchev–Trinajstić information content (AvgIpc) is 3.58. The quantitative estimate of drug-likeness (QED) is 0.296. The fraction of sp³-hybridized carbons (Fsp3) is 0.185. The van der Waals surface area contributed by atoms with Crippen molar-refractivity contribution in [2.45, 2.75) is 25.5 Å². The van der Waals surface area contributed by atoms with Gasteiger partial charge in [0.1, 0.15) is 18.4 Å². The molecule has 1 fully saturated rings. The molecule has 8 heteroatoms. The number of fused-ring (bicyclic) bond motifs is 1. The summed E-state index contributed by atoms with van der Waals surface area (Å²) in [5, 5.41) is 3.47. The van der Waals surface area contributed by atoms with Crippen LogP contribution in [-0.4, -0.2) is 24.5 Å². The van der Waals surface area contributed by atoms with E-state index < -0.39 is 29.6 Å². The molecule has 0 amide bonds. The number of ether oxygens (including phenoxy) is 2. The van der Waals surface area contributed by atoms with Crippen molar-refractivity contribution in [1.29, 1.82) is 0 Å². The van der Waals surface area contributed by atoms with Gasteiger partial charge in [-0.25, -0.2) is 14.0 Å². The summed E-state index contributed by atoms with van der Waals surface area (Å²) in [6, 6.07) is 15.9. The highest BCUT2D eigenvalue weighted by molar-refractivity contribution is 5.98. The van der Waals surface area contributed by atoms with Crippen LogP contribution in [0.1, 0.15) is 28.8 Å². The van der Waals surface area contributed by atoms with Gasteiger partial charge in [-0.05, 0) is 66.9 Å². The first-order valence-electron chi connectivity index (χ1n) is 11.2. The second kappa shape index (κ2) is 9.68. The standard InChI is InChI=1S/C27H21F2NO5/c28-23-21(14-18-10-12-33-25(18)24(23)29)17-6-8-20(9-7-17)34-15-16-3-1-4-19(13-16)26(31)35-27(32)22-5-2-11-30-22/h1,3-4,6-10,12-14,22,30H,2,5,11,15H2/t22-/m0/s1. The molecule has 178 valence electrons. The third kappa shape index (κ3) is 4.79. The Morgan fingerprint density at radius 2 is 1.86 bits per heavy atom. The minimum Gasteiger partial charge on any atom is -0.489 e. The molecule has 1 aromatic heterocycles. The van der Waals surface area contributed by atoms with E-state index in [1.807, 2.05) is 0 Å². The fourth-order valence-corrected chi connectivity index (χ4v) is 4.05. The number of esters is 2. The Morgan fingerprint density at radius 3 is 2.63 bits per heavy atom. The van der Waals surface area contributed by atoms with Gasteiger partial charge in [-0.15, -0.1) is 0 Å². The lowest BCUT2D eigenvalue weighted by atomic mass is 10.0. The van der Waals surface area contributed by atoms with Crippen molar-refractivity contribution in [2.75, 3.05) is 6.54 Å². The molecule has 1 atom stereocenters. The molecule has 0 radical (unpaired) electrons. The van der Waals surface area contributed by atoms with E-state index >= 15 is 0 Å². The molecule has 2 heterocycles. The maximum atomic E-state index is 14.5. The number of hydrogen-bond donors (Lipinski definition) is 1. The van der Waals surface area contributed by atoms with Gasteiger partial charge in [-0.1, -0.05) is 24.3 Å². The van der Waals surface area contributed by atoms with Crippen LogP contribution in [0.25, 0.3) is 22.1 Å². The number of carbonyl (C=O) groups excluding carboxylic acids is 2. The van der Waals surface area contributed by atoms with E-state index in [1.54, 1.807) is 54.6 Å². The van der Waals surface area contributed by atoms with Gasteiger partial charge in [0, 0.05) is 10.9 Å². The second-order valence-electron chi connectivity index (χ2n) is 8.26. The monoisotopic (exact) mass is 477 g/mol. The highest BCUT2D eigenvalue weighted by Gasteiger charge is 2.26. The lowest BCUT2D eigenvalue weighted by Crippen LogP contribution is -2.33. The van der Waals surface area contributed by atoms with E-state index in [-0.39, 0.29) is 23.3 Å². The normalized spacial score (nSPS) is 15.3. The SMILES string of the molecule is O=C(OC(=O)[C@@H]1CCCN1)c1cccc(COc2ccc(-c3cc4ccoc4c(F)c3F)cc2)c1. The van der Waals surface area contributed by atoms with Crippen molar-refractivity contribution >= 4 is 22.9 Å². The van der Waals surface area contributed by atoms with Crippen molar-refractivity contribution in [3.8, 4) is 16.9 Å². The molecule has 6 nitrogen and oxygen atoms in total. The number of hydrogen-bond acceptors (Lipinski definition) is 6. The van der Waals surface area contributed by atoms with Crippen LogP contribution in [0.2, 0.25) is 0 Å². The van der Waals surface area contributed by atoms with E-state index in [4.69, 9.17) is 13.9 Å². The van der Waals surface area contributed by atoms with Crippen LogP contribution >= 0.6 is 0 Å². The predicted octanol–water partition coefficient (Wildman–Crippen LogP) is 5.39. The van der Waals surface area contributed by atoms with Gasteiger partial charge in [0.05, 0.1) is 11.8 Å². The van der Waals surface area contributed by atoms with Crippen LogP contribution < -0.4 is 10.1 Å². The molecule has 5 rings (SSSR count). The summed E-state index contributed by atoms with van der Waals surface area (Å²) in [5.41, 5.74) is 1.45. The molecule has 0 unspecified atom stereocenters. The minimum absolute atomic E-state index is 0.114. The number of furan rings is 1. The Hall–Kier alpha value is -4.04.